The number of hydrogen-bond acceptors (Lipinski definition) is 4. The van der Waals surface area contributed by atoms with E-state index in [1.165, 1.54) is 5.56 Å². The van der Waals surface area contributed by atoms with Gasteiger partial charge in [-0.05, 0) is 42.7 Å². The molecule has 5 nitrogen and oxygen atoms in total. The topological polar surface area (TPSA) is 70.9 Å². The van der Waals surface area contributed by atoms with Crippen LogP contribution in [0.3, 0.4) is 0 Å². The summed E-state index contributed by atoms with van der Waals surface area (Å²) in [5, 5.41) is 13.7. The molecule has 2 N–H and O–H groups in total. The quantitative estimate of drug-likeness (QED) is 0.631. The summed E-state index contributed by atoms with van der Waals surface area (Å²) in [6.07, 6.45) is 0. The van der Waals surface area contributed by atoms with Gasteiger partial charge in [0.05, 0.1) is 5.71 Å². The van der Waals surface area contributed by atoms with Crippen LogP contribution in [0, 0.1) is 0 Å². The van der Waals surface area contributed by atoms with E-state index >= 15 is 0 Å². The van der Waals surface area contributed by atoms with Crippen molar-refractivity contribution in [2.45, 2.75) is 26.7 Å². The predicted molar refractivity (Wildman–Crippen MR) is 94.5 cm³/mol. The summed E-state index contributed by atoms with van der Waals surface area (Å²) in [6.45, 7) is 5.82. The number of para-hydroxylation sites is 1. The first-order valence-electron chi connectivity index (χ1n) is 7.81. The molecule has 0 atom stereocenters. The number of aromatic hydroxyl groups is 1. The zero-order valence-electron chi connectivity index (χ0n) is 14.1. The highest BCUT2D eigenvalue weighted by Gasteiger charge is 2.06. The van der Waals surface area contributed by atoms with Gasteiger partial charge in [-0.15, -0.1) is 0 Å². The van der Waals surface area contributed by atoms with Crippen LogP contribution in [-0.2, 0) is 4.79 Å². The lowest BCUT2D eigenvalue weighted by Crippen LogP contribution is -2.25. The molecule has 0 heterocycles. The molecule has 0 aliphatic rings. The first-order valence-corrected chi connectivity index (χ1v) is 7.81. The zero-order valence-corrected chi connectivity index (χ0v) is 14.1. The summed E-state index contributed by atoms with van der Waals surface area (Å²) in [5.74, 6) is 0.845. The molecule has 0 spiro atoms. The van der Waals surface area contributed by atoms with Gasteiger partial charge in [0, 0.05) is 5.56 Å². The maximum atomic E-state index is 11.8. The Balaban J connectivity index is 1.87. The highest BCUT2D eigenvalue weighted by Crippen LogP contribution is 2.18. The molecule has 0 bridgehead atoms. The number of benzene rings is 2. The molecule has 2 aromatic carbocycles. The van der Waals surface area contributed by atoms with Gasteiger partial charge in [0.25, 0.3) is 5.91 Å². The number of ether oxygens (including phenoxy) is 1. The number of carbonyl (C=O) groups excluding carboxylic acids is 1. The number of phenolic OH excluding ortho intramolecular Hbond substituents is 1. The zero-order chi connectivity index (χ0) is 17.5. The van der Waals surface area contributed by atoms with E-state index in [9.17, 15) is 9.90 Å². The minimum absolute atomic E-state index is 0.120. The lowest BCUT2D eigenvalue weighted by Gasteiger charge is -2.08. The molecule has 1 amide bonds. The highest BCUT2D eigenvalue weighted by molar-refractivity contribution is 6.01. The number of hydrogen-bond donors (Lipinski definition) is 2. The molecule has 0 fully saturated rings. The van der Waals surface area contributed by atoms with Crippen LogP contribution in [0.2, 0.25) is 0 Å². The van der Waals surface area contributed by atoms with Crippen LogP contribution in [0.4, 0.5) is 0 Å². The summed E-state index contributed by atoms with van der Waals surface area (Å²) in [5.41, 5.74) is 4.73. The molecule has 0 aliphatic carbocycles. The third kappa shape index (κ3) is 4.84. The Bertz CT molecular complexity index is 722. The van der Waals surface area contributed by atoms with Crippen LogP contribution >= 0.6 is 0 Å². The van der Waals surface area contributed by atoms with Crippen LogP contribution in [0.15, 0.2) is 53.6 Å². The Kier molecular flexibility index (Phi) is 5.95. The van der Waals surface area contributed by atoms with Gasteiger partial charge in [-0.3, -0.25) is 4.79 Å². The van der Waals surface area contributed by atoms with Crippen molar-refractivity contribution in [3.8, 4) is 11.5 Å². The number of phenols is 1. The second kappa shape index (κ2) is 8.15. The van der Waals surface area contributed by atoms with Crippen LogP contribution in [0.5, 0.6) is 11.5 Å². The van der Waals surface area contributed by atoms with Crippen LogP contribution in [0.25, 0.3) is 0 Å². The first kappa shape index (κ1) is 17.5. The summed E-state index contributed by atoms with van der Waals surface area (Å²) in [7, 11) is 0. The number of carbonyl (C=O) groups is 1. The lowest BCUT2D eigenvalue weighted by molar-refractivity contribution is -0.123. The molecule has 0 unspecified atom stereocenters. The SMILES string of the molecule is CC(=NNC(=O)COc1ccc(C(C)C)cc1)c1ccccc1O. The molecule has 0 aromatic heterocycles. The second-order valence-corrected chi connectivity index (χ2v) is 5.76. The van der Waals surface area contributed by atoms with Crippen molar-refractivity contribution in [3.05, 3.63) is 59.7 Å². The second-order valence-electron chi connectivity index (χ2n) is 5.76. The first-order chi connectivity index (χ1) is 11.5. The van der Waals surface area contributed by atoms with Gasteiger partial charge in [-0.25, -0.2) is 5.43 Å². The lowest BCUT2D eigenvalue weighted by atomic mass is 10.0. The molecule has 24 heavy (non-hydrogen) atoms. The monoisotopic (exact) mass is 326 g/mol. The van der Waals surface area contributed by atoms with Gasteiger partial charge < -0.3 is 9.84 Å². The van der Waals surface area contributed by atoms with Gasteiger partial charge >= 0.3 is 0 Å². The van der Waals surface area contributed by atoms with Crippen molar-refractivity contribution in [2.24, 2.45) is 5.10 Å². The highest BCUT2D eigenvalue weighted by atomic mass is 16.5. The van der Waals surface area contributed by atoms with Gasteiger partial charge in [-0.1, -0.05) is 38.1 Å². The van der Waals surface area contributed by atoms with Gasteiger partial charge in [0.15, 0.2) is 6.61 Å². The maximum Gasteiger partial charge on any atom is 0.277 e. The van der Waals surface area contributed by atoms with Crippen molar-refractivity contribution in [3.63, 3.8) is 0 Å². The van der Waals surface area contributed by atoms with E-state index in [0.717, 1.165) is 0 Å². The van der Waals surface area contributed by atoms with Crippen LogP contribution in [-0.4, -0.2) is 23.3 Å². The minimum atomic E-state index is -0.363. The normalized spacial score (nSPS) is 11.4. The average Bonchev–Trinajstić information content (AvgIpc) is 2.58. The van der Waals surface area contributed by atoms with Crippen molar-refractivity contribution in [1.29, 1.82) is 0 Å². The molecule has 0 saturated heterocycles. The van der Waals surface area contributed by atoms with Crippen LogP contribution < -0.4 is 10.2 Å². The predicted octanol–water partition coefficient (Wildman–Crippen LogP) is 3.43. The van der Waals surface area contributed by atoms with Crippen molar-refractivity contribution < 1.29 is 14.6 Å². The fourth-order valence-corrected chi connectivity index (χ4v) is 2.12. The smallest absolute Gasteiger partial charge is 0.277 e. The Morgan fingerprint density at radius 1 is 1.17 bits per heavy atom. The molecular formula is C19H22N2O3. The Morgan fingerprint density at radius 2 is 1.83 bits per heavy atom. The van der Waals surface area contributed by atoms with E-state index in [1.807, 2.05) is 24.3 Å². The molecule has 0 aliphatic heterocycles. The molecule has 126 valence electrons. The van der Waals surface area contributed by atoms with Gasteiger partial charge in [-0.2, -0.15) is 5.10 Å². The van der Waals surface area contributed by atoms with E-state index in [2.05, 4.69) is 24.4 Å². The Morgan fingerprint density at radius 3 is 2.46 bits per heavy atom. The van der Waals surface area contributed by atoms with E-state index in [1.54, 1.807) is 31.2 Å². The molecule has 0 radical (unpaired) electrons. The number of amides is 1. The molecular weight excluding hydrogens is 304 g/mol. The van der Waals surface area contributed by atoms with E-state index in [4.69, 9.17) is 4.74 Å². The third-order valence-electron chi connectivity index (χ3n) is 3.56. The van der Waals surface area contributed by atoms with E-state index < -0.39 is 0 Å². The van der Waals surface area contributed by atoms with Crippen LogP contribution in [0.1, 0.15) is 37.8 Å². The number of nitrogens with one attached hydrogen (secondary N) is 1. The van der Waals surface area contributed by atoms with Gasteiger partial charge in [0.1, 0.15) is 11.5 Å². The Hall–Kier alpha value is -2.82. The third-order valence-corrected chi connectivity index (χ3v) is 3.56. The fraction of sp³-hybridized carbons (Fsp3) is 0.263. The molecule has 2 aromatic rings. The maximum absolute atomic E-state index is 11.8. The molecule has 0 saturated carbocycles. The number of rotatable bonds is 6. The van der Waals surface area contributed by atoms with Gasteiger partial charge in [0.2, 0.25) is 0 Å². The Labute approximate surface area is 142 Å². The largest absolute Gasteiger partial charge is 0.507 e. The van der Waals surface area contributed by atoms with Crippen molar-refractivity contribution in [1.82, 2.24) is 5.43 Å². The van der Waals surface area contributed by atoms with E-state index in [0.29, 0.717) is 22.9 Å². The van der Waals surface area contributed by atoms with Crippen molar-refractivity contribution in [2.75, 3.05) is 6.61 Å². The van der Waals surface area contributed by atoms with E-state index in [-0.39, 0.29) is 18.3 Å². The summed E-state index contributed by atoms with van der Waals surface area (Å²) in [4.78, 5) is 11.8. The van der Waals surface area contributed by atoms with Crippen molar-refractivity contribution >= 4 is 11.6 Å². The standard InChI is InChI=1S/C19H22N2O3/c1-13(2)15-8-10-16(11-9-15)24-12-19(23)21-20-14(3)17-6-4-5-7-18(17)22/h4-11,13,22H,12H2,1-3H3,(H,21,23). The average molecular weight is 326 g/mol. The number of nitrogens with zero attached hydrogens (tertiary/aromatic N) is 1. The number of hydrazone groups is 1. The minimum Gasteiger partial charge on any atom is -0.507 e. The fourth-order valence-electron chi connectivity index (χ4n) is 2.12. The molecule has 2 rings (SSSR count). The summed E-state index contributed by atoms with van der Waals surface area (Å²) >= 11 is 0. The molecule has 5 heteroatoms. The summed E-state index contributed by atoms with van der Waals surface area (Å²) in [6, 6.07) is 14.5. The summed E-state index contributed by atoms with van der Waals surface area (Å²) < 4.78 is 5.43.